The molecule has 10 heteroatoms. The van der Waals surface area contributed by atoms with Gasteiger partial charge >= 0.3 is 0 Å². The molecule has 99 heavy (non-hydrogen) atoms. The molecule has 13 rings (SSSR count). The number of aliphatic hydroxyl groups excluding tert-OH is 3. The van der Waals surface area contributed by atoms with Crippen LogP contribution in [0.15, 0.2) is 237 Å². The molecule has 0 amide bonds. The summed E-state index contributed by atoms with van der Waals surface area (Å²) in [5.74, 6) is 2.03. The second-order valence-corrected chi connectivity index (χ2v) is 27.1. The lowest BCUT2D eigenvalue weighted by molar-refractivity contribution is 0.222. The van der Waals surface area contributed by atoms with Gasteiger partial charge in [0.25, 0.3) is 0 Å². The first-order chi connectivity index (χ1) is 48.6. The number of allylic oxidation sites excluding steroid dienone is 3. The van der Waals surface area contributed by atoms with E-state index in [1.807, 2.05) is 54.6 Å². The number of hydrogen-bond acceptors (Lipinski definition) is 10. The Kier molecular flexibility index (Phi) is 26.2. The van der Waals surface area contributed by atoms with E-state index in [1.165, 1.54) is 85.1 Å². The summed E-state index contributed by atoms with van der Waals surface area (Å²) in [4.78, 5) is 10.1. The molecule has 0 spiro atoms. The normalized spacial score (nSPS) is 16.5. The van der Waals surface area contributed by atoms with Crippen molar-refractivity contribution < 1.29 is 30.6 Å². The molecule has 6 N–H and O–H groups in total. The molecule has 0 aromatic heterocycles. The third-order valence-corrected chi connectivity index (χ3v) is 20.4. The number of hydrogen-bond donors (Lipinski definition) is 6. The number of anilines is 1. The van der Waals surface area contributed by atoms with Crippen molar-refractivity contribution in [3.8, 4) is 17.2 Å². The number of phenolic OH excluding ortho intramolecular Hbond substituents is 3. The van der Waals surface area contributed by atoms with Crippen LogP contribution < -0.4 is 4.90 Å². The Balaban J connectivity index is 0.000000150. The zero-order chi connectivity index (χ0) is 68.7. The summed E-state index contributed by atoms with van der Waals surface area (Å²) < 4.78 is 0. The number of aliphatic hydroxyl groups is 3. The molecule has 3 heterocycles. The summed E-state index contributed by atoms with van der Waals surface area (Å²) in [6, 6.07) is 81.5. The highest BCUT2D eigenvalue weighted by molar-refractivity contribution is 6.01. The van der Waals surface area contributed by atoms with Crippen LogP contribution in [-0.2, 0) is 0 Å². The summed E-state index contributed by atoms with van der Waals surface area (Å²) in [5, 5.41) is 59.4. The minimum atomic E-state index is 0.148. The lowest BCUT2D eigenvalue weighted by Crippen LogP contribution is -2.47. The molecule has 1 aliphatic carbocycles. The Hall–Kier alpha value is -8.84. The topological polar surface area (TPSA) is 134 Å². The highest BCUT2D eigenvalue weighted by atomic mass is 16.3. The predicted molar refractivity (Wildman–Crippen MR) is 410 cm³/mol. The molecule has 9 aromatic rings. The third-order valence-electron chi connectivity index (χ3n) is 20.4. The van der Waals surface area contributed by atoms with Gasteiger partial charge in [-0.15, -0.1) is 0 Å². The van der Waals surface area contributed by atoms with Gasteiger partial charge in [0.2, 0.25) is 0 Å². The van der Waals surface area contributed by atoms with Crippen LogP contribution in [-0.4, -0.2) is 137 Å². The molecule has 3 saturated heterocycles. The maximum Gasteiger partial charge on any atom is 0.116 e. The van der Waals surface area contributed by atoms with Gasteiger partial charge in [-0.3, -0.25) is 4.90 Å². The molecule has 514 valence electrons. The number of aromatic hydroxyl groups is 3. The lowest BCUT2D eigenvalue weighted by atomic mass is 9.85. The zero-order valence-electron chi connectivity index (χ0n) is 58.2. The first kappa shape index (κ1) is 71.4. The van der Waals surface area contributed by atoms with Crippen LogP contribution >= 0.6 is 0 Å². The summed E-state index contributed by atoms with van der Waals surface area (Å²) in [7, 11) is 2.20. The van der Waals surface area contributed by atoms with Crippen LogP contribution in [0, 0.1) is 0 Å². The van der Waals surface area contributed by atoms with Gasteiger partial charge in [0, 0.05) is 57.7 Å². The Morgan fingerprint density at radius 1 is 0.343 bits per heavy atom. The molecule has 0 atom stereocenters. The van der Waals surface area contributed by atoms with E-state index in [4.69, 9.17) is 0 Å². The van der Waals surface area contributed by atoms with Crippen molar-refractivity contribution in [2.45, 2.75) is 102 Å². The Morgan fingerprint density at radius 2 is 0.677 bits per heavy atom. The van der Waals surface area contributed by atoms with Crippen molar-refractivity contribution >= 4 is 39.1 Å². The SMILES string of the molecule is CCN1CCC(c2ccc(/C(=C(/CCCO)c3ccccc3)c3cccc(O)c3)cc2)CC1.CN1CCC(c2ccc(/C(=C(/CCCO)c3ccccc3)c3cccc(O)c3)cc2)CC1.OCCC/C(=C(/c1ccc(N2CCN(C3CC3)CC2)cc1)c1cccc(O)c1)c1ccccc1. The summed E-state index contributed by atoms with van der Waals surface area (Å²) in [6.45, 7) is 13.0. The smallest absolute Gasteiger partial charge is 0.116 e. The quantitative estimate of drug-likeness (QED) is 0.0344. The monoisotopic (exact) mass is 1320 g/mol. The second-order valence-electron chi connectivity index (χ2n) is 27.1. The van der Waals surface area contributed by atoms with Gasteiger partial charge in [0.15, 0.2) is 0 Å². The average Bonchev–Trinajstić information content (AvgIpc) is 1.11. The summed E-state index contributed by atoms with van der Waals surface area (Å²) in [6.07, 6.45) is 12.0. The number of piperazine rings is 1. The van der Waals surface area contributed by atoms with Gasteiger partial charge in [-0.25, -0.2) is 0 Å². The number of benzene rings is 9. The van der Waals surface area contributed by atoms with E-state index in [2.05, 4.69) is 197 Å². The van der Waals surface area contributed by atoms with E-state index in [9.17, 15) is 30.6 Å². The zero-order valence-corrected chi connectivity index (χ0v) is 58.2. The highest BCUT2D eigenvalue weighted by Gasteiger charge is 2.31. The minimum absolute atomic E-state index is 0.148. The van der Waals surface area contributed by atoms with Gasteiger partial charge in [-0.1, -0.05) is 195 Å². The largest absolute Gasteiger partial charge is 0.508 e. The van der Waals surface area contributed by atoms with Crippen LogP contribution in [0.3, 0.4) is 0 Å². The fraction of sp³-hybridized carbons (Fsp3) is 0.326. The molecular weight excluding hydrogens is 1220 g/mol. The Labute approximate surface area is 588 Å². The summed E-state index contributed by atoms with van der Waals surface area (Å²) in [5.41, 5.74) is 20.9. The number of nitrogens with zero attached hydrogens (tertiary/aromatic N) is 4. The van der Waals surface area contributed by atoms with Crippen molar-refractivity contribution in [1.82, 2.24) is 14.7 Å². The van der Waals surface area contributed by atoms with Crippen molar-refractivity contribution in [3.63, 3.8) is 0 Å². The molecule has 4 aliphatic rings. The number of phenols is 3. The van der Waals surface area contributed by atoms with Gasteiger partial charge < -0.3 is 45.3 Å². The van der Waals surface area contributed by atoms with E-state index in [1.54, 1.807) is 18.2 Å². The Bertz CT molecular complexity index is 4030. The maximum absolute atomic E-state index is 10.2. The van der Waals surface area contributed by atoms with Crippen LogP contribution in [0.4, 0.5) is 5.69 Å². The maximum atomic E-state index is 10.2. The number of likely N-dealkylation sites (tertiary alicyclic amines) is 2. The van der Waals surface area contributed by atoms with Gasteiger partial charge in [0.05, 0.1) is 0 Å². The first-order valence-electron chi connectivity index (χ1n) is 36.3. The highest BCUT2D eigenvalue weighted by Crippen LogP contribution is 2.42. The number of piperidine rings is 2. The lowest BCUT2D eigenvalue weighted by Gasteiger charge is -2.36. The predicted octanol–water partition coefficient (Wildman–Crippen LogP) is 17.7. The average molecular weight is 1320 g/mol. The molecule has 9 aromatic carbocycles. The van der Waals surface area contributed by atoms with E-state index in [-0.39, 0.29) is 37.1 Å². The molecule has 0 radical (unpaired) electrons. The van der Waals surface area contributed by atoms with E-state index in [0.29, 0.717) is 31.1 Å². The third kappa shape index (κ3) is 19.5. The Morgan fingerprint density at radius 3 is 1.00 bits per heavy atom. The van der Waals surface area contributed by atoms with Crippen molar-refractivity contribution in [2.75, 3.05) is 90.7 Å². The van der Waals surface area contributed by atoms with Gasteiger partial charge in [-0.05, 0) is 272 Å². The van der Waals surface area contributed by atoms with Crippen molar-refractivity contribution in [3.05, 3.63) is 298 Å². The molecular formula is C89H102N4O6. The fourth-order valence-electron chi connectivity index (χ4n) is 14.8. The van der Waals surface area contributed by atoms with Crippen LogP contribution in [0.5, 0.6) is 17.2 Å². The standard InChI is InChI=1S/C30H34N2O2.C30H35NO2.C29H33NO2/c33-21-5-10-29(23-6-2-1-3-7-23)30(25-8-4-9-28(34)22-25)24-11-13-26(14-12-24)31-17-19-32(20-18-31)27-15-16-27;1-2-31-19-17-24(18-20-31)23-13-15-26(16-14-23)30(27-10-6-11-28(33)22-27)29(12-7-21-32)25-8-4-3-5-9-25;1-30-18-16-23(17-19-30)22-12-14-25(15-13-22)29(26-9-5-10-27(32)21-26)28(11-6-20-31)24-7-3-2-4-8-24/h1-4,6-9,11-14,22,27,33-34H,5,10,15-21H2;3-6,8-11,13-16,22,24,32-33H,2,7,12,17-21H2,1H3;2-5,7-10,12-15,21,23,31-32H,6,11,16-20H2,1H3/b2*30-29+;29-28+. The molecule has 10 nitrogen and oxygen atoms in total. The van der Waals surface area contributed by atoms with Crippen LogP contribution in [0.2, 0.25) is 0 Å². The molecule has 1 saturated carbocycles. The molecule has 0 unspecified atom stereocenters. The fourth-order valence-corrected chi connectivity index (χ4v) is 14.8. The van der Waals surface area contributed by atoms with Crippen molar-refractivity contribution in [2.24, 2.45) is 0 Å². The van der Waals surface area contributed by atoms with E-state index < -0.39 is 0 Å². The van der Waals surface area contributed by atoms with Crippen molar-refractivity contribution in [1.29, 1.82) is 0 Å². The molecule has 4 fully saturated rings. The van der Waals surface area contributed by atoms with Crippen LogP contribution in [0.25, 0.3) is 33.4 Å². The second kappa shape index (κ2) is 36.3. The van der Waals surface area contributed by atoms with Gasteiger partial charge in [-0.2, -0.15) is 0 Å². The molecule has 0 bridgehead atoms. The van der Waals surface area contributed by atoms with E-state index in [0.717, 1.165) is 138 Å². The van der Waals surface area contributed by atoms with Gasteiger partial charge in [0.1, 0.15) is 17.2 Å². The van der Waals surface area contributed by atoms with Crippen LogP contribution in [0.1, 0.15) is 157 Å². The number of rotatable bonds is 23. The minimum Gasteiger partial charge on any atom is -0.508 e. The summed E-state index contributed by atoms with van der Waals surface area (Å²) >= 11 is 0. The van der Waals surface area contributed by atoms with E-state index >= 15 is 0 Å². The first-order valence-corrected chi connectivity index (χ1v) is 36.3. The molecule has 3 aliphatic heterocycles.